The number of hydrogen-bond donors (Lipinski definition) is 1. The Labute approximate surface area is 105 Å². The standard InChI is InChI=1S/C15H26O2/c1-2-12-8-4-5-9-13(12)15(14(16)17)10-6-3-7-11-15/h12-13H,2-11H2,1H3,(H,16,17). The van der Waals surface area contributed by atoms with Crippen molar-refractivity contribution in [3.8, 4) is 0 Å². The predicted octanol–water partition coefficient (Wildman–Crippen LogP) is 4.24. The van der Waals surface area contributed by atoms with Gasteiger partial charge in [-0.05, 0) is 31.1 Å². The van der Waals surface area contributed by atoms with Gasteiger partial charge in [0.15, 0.2) is 0 Å². The molecule has 2 unspecified atom stereocenters. The average Bonchev–Trinajstić information content (AvgIpc) is 2.39. The van der Waals surface area contributed by atoms with Crippen molar-refractivity contribution in [3.63, 3.8) is 0 Å². The number of carbonyl (C=O) groups is 1. The molecular formula is C15H26O2. The van der Waals surface area contributed by atoms with Gasteiger partial charge in [0.1, 0.15) is 0 Å². The summed E-state index contributed by atoms with van der Waals surface area (Å²) in [6.45, 7) is 2.24. The van der Waals surface area contributed by atoms with E-state index in [1.165, 1.54) is 32.1 Å². The van der Waals surface area contributed by atoms with E-state index in [1.807, 2.05) is 0 Å². The minimum atomic E-state index is -0.498. The van der Waals surface area contributed by atoms with Crippen molar-refractivity contribution < 1.29 is 9.90 Å². The second-order valence-electron chi connectivity index (χ2n) is 6.08. The highest BCUT2D eigenvalue weighted by Gasteiger charge is 2.49. The molecule has 2 atom stereocenters. The Morgan fingerprint density at radius 1 is 1.12 bits per heavy atom. The van der Waals surface area contributed by atoms with Crippen LogP contribution in [0.1, 0.15) is 71.1 Å². The van der Waals surface area contributed by atoms with Gasteiger partial charge in [-0.15, -0.1) is 0 Å². The first-order valence-corrected chi connectivity index (χ1v) is 7.44. The largest absolute Gasteiger partial charge is 0.481 e. The molecule has 0 spiro atoms. The van der Waals surface area contributed by atoms with Gasteiger partial charge >= 0.3 is 5.97 Å². The minimum absolute atomic E-state index is 0.362. The van der Waals surface area contributed by atoms with E-state index in [2.05, 4.69) is 6.92 Å². The maximum Gasteiger partial charge on any atom is 0.309 e. The molecule has 2 heteroatoms. The van der Waals surface area contributed by atoms with E-state index in [0.717, 1.165) is 32.1 Å². The van der Waals surface area contributed by atoms with Crippen LogP contribution in [0.4, 0.5) is 0 Å². The van der Waals surface area contributed by atoms with Crippen LogP contribution in [0.2, 0.25) is 0 Å². The lowest BCUT2D eigenvalue weighted by Crippen LogP contribution is -2.44. The summed E-state index contributed by atoms with van der Waals surface area (Å²) < 4.78 is 0. The van der Waals surface area contributed by atoms with Crippen LogP contribution < -0.4 is 0 Å². The van der Waals surface area contributed by atoms with Crippen molar-refractivity contribution in [1.82, 2.24) is 0 Å². The van der Waals surface area contributed by atoms with E-state index in [4.69, 9.17) is 0 Å². The molecule has 2 aliphatic carbocycles. The molecular weight excluding hydrogens is 212 g/mol. The van der Waals surface area contributed by atoms with E-state index in [-0.39, 0.29) is 5.41 Å². The number of carboxylic acid groups (broad SMARTS) is 1. The molecule has 2 fully saturated rings. The first-order valence-electron chi connectivity index (χ1n) is 7.44. The fourth-order valence-corrected chi connectivity index (χ4v) is 4.35. The molecule has 0 amide bonds. The van der Waals surface area contributed by atoms with E-state index >= 15 is 0 Å². The smallest absolute Gasteiger partial charge is 0.309 e. The fourth-order valence-electron chi connectivity index (χ4n) is 4.35. The summed E-state index contributed by atoms with van der Waals surface area (Å²) in [6, 6.07) is 0. The molecule has 0 aromatic rings. The van der Waals surface area contributed by atoms with Gasteiger partial charge in [-0.25, -0.2) is 0 Å². The molecule has 2 rings (SSSR count). The summed E-state index contributed by atoms with van der Waals surface area (Å²) >= 11 is 0. The molecule has 0 saturated heterocycles. The second kappa shape index (κ2) is 5.41. The first kappa shape index (κ1) is 12.9. The van der Waals surface area contributed by atoms with Crippen LogP contribution in [0.3, 0.4) is 0 Å². The predicted molar refractivity (Wildman–Crippen MR) is 68.9 cm³/mol. The van der Waals surface area contributed by atoms with Gasteiger partial charge in [-0.1, -0.05) is 51.9 Å². The third-order valence-electron chi connectivity index (χ3n) is 5.31. The Morgan fingerprint density at radius 3 is 2.35 bits per heavy atom. The Kier molecular flexibility index (Phi) is 4.11. The number of hydrogen-bond acceptors (Lipinski definition) is 1. The molecule has 2 nitrogen and oxygen atoms in total. The van der Waals surface area contributed by atoms with Crippen LogP contribution in [0, 0.1) is 17.3 Å². The molecule has 2 aliphatic rings. The molecule has 0 aliphatic heterocycles. The minimum Gasteiger partial charge on any atom is -0.481 e. The molecule has 17 heavy (non-hydrogen) atoms. The van der Waals surface area contributed by atoms with Gasteiger partial charge < -0.3 is 5.11 Å². The van der Waals surface area contributed by atoms with Crippen LogP contribution in [0.15, 0.2) is 0 Å². The lowest BCUT2D eigenvalue weighted by molar-refractivity contribution is -0.158. The number of aliphatic carboxylic acids is 1. The van der Waals surface area contributed by atoms with Crippen molar-refractivity contribution in [2.24, 2.45) is 17.3 Å². The van der Waals surface area contributed by atoms with Gasteiger partial charge in [0.25, 0.3) is 0 Å². The summed E-state index contributed by atoms with van der Waals surface area (Å²) in [5.41, 5.74) is -0.362. The topological polar surface area (TPSA) is 37.3 Å². The zero-order chi connectivity index (χ0) is 12.3. The summed E-state index contributed by atoms with van der Waals surface area (Å²) in [5, 5.41) is 9.75. The highest BCUT2D eigenvalue weighted by molar-refractivity contribution is 5.75. The number of rotatable bonds is 3. The molecule has 0 bridgehead atoms. The Hall–Kier alpha value is -0.530. The van der Waals surface area contributed by atoms with Crippen LogP contribution in [-0.4, -0.2) is 11.1 Å². The van der Waals surface area contributed by atoms with Crippen LogP contribution in [-0.2, 0) is 4.79 Å². The maximum atomic E-state index is 11.8. The Balaban J connectivity index is 2.21. The van der Waals surface area contributed by atoms with Crippen LogP contribution in [0.5, 0.6) is 0 Å². The first-order chi connectivity index (χ1) is 8.20. The highest BCUT2D eigenvalue weighted by Crippen LogP contribution is 2.51. The molecule has 1 N–H and O–H groups in total. The van der Waals surface area contributed by atoms with Gasteiger partial charge in [0.2, 0.25) is 0 Å². The van der Waals surface area contributed by atoms with Crippen molar-refractivity contribution in [2.45, 2.75) is 71.1 Å². The van der Waals surface area contributed by atoms with Gasteiger partial charge in [-0.2, -0.15) is 0 Å². The Morgan fingerprint density at radius 2 is 1.76 bits per heavy atom. The lowest BCUT2D eigenvalue weighted by Gasteiger charge is -2.46. The van der Waals surface area contributed by atoms with E-state index in [0.29, 0.717) is 11.8 Å². The zero-order valence-corrected chi connectivity index (χ0v) is 11.1. The van der Waals surface area contributed by atoms with Gasteiger partial charge in [0.05, 0.1) is 5.41 Å². The quantitative estimate of drug-likeness (QED) is 0.798. The monoisotopic (exact) mass is 238 g/mol. The van der Waals surface area contributed by atoms with Crippen LogP contribution in [0.25, 0.3) is 0 Å². The highest BCUT2D eigenvalue weighted by atomic mass is 16.4. The lowest BCUT2D eigenvalue weighted by atomic mass is 9.58. The van der Waals surface area contributed by atoms with Crippen molar-refractivity contribution in [1.29, 1.82) is 0 Å². The number of carboxylic acids is 1. The van der Waals surface area contributed by atoms with Crippen molar-refractivity contribution >= 4 is 5.97 Å². The van der Waals surface area contributed by atoms with Gasteiger partial charge in [-0.3, -0.25) is 4.79 Å². The Bertz CT molecular complexity index is 266. The van der Waals surface area contributed by atoms with Crippen LogP contribution >= 0.6 is 0 Å². The molecule has 0 aromatic heterocycles. The van der Waals surface area contributed by atoms with Crippen molar-refractivity contribution in [3.05, 3.63) is 0 Å². The summed E-state index contributed by atoms with van der Waals surface area (Å²) in [5.74, 6) is 0.625. The molecule has 0 radical (unpaired) electrons. The molecule has 98 valence electrons. The summed E-state index contributed by atoms with van der Waals surface area (Å²) in [4.78, 5) is 11.8. The van der Waals surface area contributed by atoms with E-state index < -0.39 is 5.97 Å². The third kappa shape index (κ3) is 2.36. The zero-order valence-electron chi connectivity index (χ0n) is 11.1. The van der Waals surface area contributed by atoms with Gasteiger partial charge in [0, 0.05) is 0 Å². The second-order valence-corrected chi connectivity index (χ2v) is 6.08. The molecule has 0 heterocycles. The van der Waals surface area contributed by atoms with Crippen molar-refractivity contribution in [2.75, 3.05) is 0 Å². The summed E-state index contributed by atoms with van der Waals surface area (Å²) in [7, 11) is 0. The summed E-state index contributed by atoms with van der Waals surface area (Å²) in [6.07, 6.45) is 11.5. The van der Waals surface area contributed by atoms with E-state index in [1.54, 1.807) is 0 Å². The normalized spacial score (nSPS) is 33.2. The third-order valence-corrected chi connectivity index (χ3v) is 5.31. The molecule has 0 aromatic carbocycles. The average molecular weight is 238 g/mol. The SMILES string of the molecule is CCC1CCCCC1C1(C(=O)O)CCCCC1. The molecule has 2 saturated carbocycles. The maximum absolute atomic E-state index is 11.8. The fraction of sp³-hybridized carbons (Fsp3) is 0.933. The van der Waals surface area contributed by atoms with E-state index in [9.17, 15) is 9.90 Å².